The smallest absolute Gasteiger partial charge is 0.340 e. The number of para-hydroxylation sites is 1. The van der Waals surface area contributed by atoms with Gasteiger partial charge in [-0.3, -0.25) is 4.79 Å². The van der Waals surface area contributed by atoms with Gasteiger partial charge in [-0.2, -0.15) is 0 Å². The Morgan fingerprint density at radius 3 is 2.33 bits per heavy atom. The molecule has 1 amide bonds. The Bertz CT molecular complexity index is 708. The first-order valence-electron chi connectivity index (χ1n) is 7.85. The fraction of sp³-hybridized carbons (Fsp3) is 0.263. The summed E-state index contributed by atoms with van der Waals surface area (Å²) in [6.45, 7) is 5.89. The fourth-order valence-corrected chi connectivity index (χ4v) is 2.13. The molecule has 0 aromatic heterocycles. The molecule has 5 nitrogen and oxygen atoms in total. The largest absolute Gasteiger partial charge is 0.491 e. The minimum Gasteiger partial charge on any atom is -0.491 e. The van der Waals surface area contributed by atoms with E-state index in [-0.39, 0.29) is 18.6 Å². The normalized spacial score (nSPS) is 10.3. The predicted octanol–water partition coefficient (Wildman–Crippen LogP) is 3.90. The summed E-state index contributed by atoms with van der Waals surface area (Å²) in [7, 11) is 0. The van der Waals surface area contributed by atoms with Gasteiger partial charge in [0.1, 0.15) is 5.75 Å². The van der Waals surface area contributed by atoms with Crippen molar-refractivity contribution in [2.24, 2.45) is 0 Å². The van der Waals surface area contributed by atoms with E-state index >= 15 is 0 Å². The van der Waals surface area contributed by atoms with Crippen LogP contribution in [0.3, 0.4) is 0 Å². The number of ether oxygens (including phenoxy) is 2. The van der Waals surface area contributed by atoms with Crippen LogP contribution >= 0.6 is 0 Å². The number of rotatable bonds is 6. The number of hydrogen-bond donors (Lipinski definition) is 1. The Kier molecular flexibility index (Phi) is 5.95. The number of anilines is 1. The molecule has 1 N–H and O–H groups in total. The molecule has 0 fully saturated rings. The molecule has 24 heavy (non-hydrogen) atoms. The van der Waals surface area contributed by atoms with Crippen molar-refractivity contribution < 1.29 is 19.1 Å². The maximum Gasteiger partial charge on any atom is 0.340 e. The van der Waals surface area contributed by atoms with Crippen LogP contribution in [0.4, 0.5) is 5.69 Å². The second-order valence-corrected chi connectivity index (χ2v) is 5.41. The lowest BCUT2D eigenvalue weighted by Crippen LogP contribution is -2.16. The molecule has 0 unspecified atom stereocenters. The average molecular weight is 327 g/mol. The summed E-state index contributed by atoms with van der Waals surface area (Å²) in [6.07, 6.45) is 0.0705. The molecule has 2 rings (SSSR count). The van der Waals surface area contributed by atoms with Crippen LogP contribution in [0, 0.1) is 0 Å². The SMILES string of the molecule is CCOC(=O)c1ccccc1NC(=O)c1ccc(OC(C)C)cc1. The van der Waals surface area contributed by atoms with Gasteiger partial charge in [0.15, 0.2) is 0 Å². The van der Waals surface area contributed by atoms with Crippen molar-refractivity contribution in [3.8, 4) is 5.75 Å². The zero-order chi connectivity index (χ0) is 17.5. The molecule has 0 saturated heterocycles. The van der Waals surface area contributed by atoms with Crippen LogP contribution in [0.5, 0.6) is 5.75 Å². The zero-order valence-corrected chi connectivity index (χ0v) is 14.0. The molecule has 126 valence electrons. The maximum atomic E-state index is 12.4. The lowest BCUT2D eigenvalue weighted by Gasteiger charge is -2.12. The molecule has 0 aliphatic carbocycles. The van der Waals surface area contributed by atoms with E-state index in [9.17, 15) is 9.59 Å². The monoisotopic (exact) mass is 327 g/mol. The molecular formula is C19H21NO4. The van der Waals surface area contributed by atoms with Gasteiger partial charge in [0.05, 0.1) is 24.0 Å². The number of esters is 1. The third-order valence-corrected chi connectivity index (χ3v) is 3.16. The summed E-state index contributed by atoms with van der Waals surface area (Å²) in [5.41, 5.74) is 1.22. The van der Waals surface area contributed by atoms with Crippen LogP contribution < -0.4 is 10.1 Å². The summed E-state index contributed by atoms with van der Waals surface area (Å²) in [6, 6.07) is 13.6. The number of hydrogen-bond acceptors (Lipinski definition) is 4. The summed E-state index contributed by atoms with van der Waals surface area (Å²) < 4.78 is 10.6. The molecule has 0 aliphatic heterocycles. The van der Waals surface area contributed by atoms with E-state index < -0.39 is 5.97 Å². The second-order valence-electron chi connectivity index (χ2n) is 5.41. The van der Waals surface area contributed by atoms with Gasteiger partial charge in [0, 0.05) is 5.56 Å². The van der Waals surface area contributed by atoms with E-state index in [4.69, 9.17) is 9.47 Å². The molecule has 0 atom stereocenters. The van der Waals surface area contributed by atoms with Gasteiger partial charge in [0.25, 0.3) is 5.91 Å². The van der Waals surface area contributed by atoms with Gasteiger partial charge in [-0.25, -0.2) is 4.79 Å². The number of nitrogens with one attached hydrogen (secondary N) is 1. The molecule has 0 bridgehead atoms. The van der Waals surface area contributed by atoms with Crippen molar-refractivity contribution in [1.82, 2.24) is 0 Å². The lowest BCUT2D eigenvalue weighted by molar-refractivity contribution is 0.0527. The standard InChI is InChI=1S/C19H21NO4/c1-4-23-19(22)16-7-5-6-8-17(16)20-18(21)14-9-11-15(12-10-14)24-13(2)3/h5-13H,4H2,1-3H3,(H,20,21). The van der Waals surface area contributed by atoms with Crippen molar-refractivity contribution >= 4 is 17.6 Å². The maximum absolute atomic E-state index is 12.4. The average Bonchev–Trinajstić information content (AvgIpc) is 2.55. The van der Waals surface area contributed by atoms with E-state index in [0.29, 0.717) is 22.6 Å². The van der Waals surface area contributed by atoms with Crippen molar-refractivity contribution in [3.63, 3.8) is 0 Å². The summed E-state index contributed by atoms with van der Waals surface area (Å²) in [5.74, 6) is -0.0644. The first kappa shape index (κ1) is 17.5. The summed E-state index contributed by atoms with van der Waals surface area (Å²) in [4.78, 5) is 24.3. The Morgan fingerprint density at radius 1 is 1.04 bits per heavy atom. The van der Waals surface area contributed by atoms with Crippen molar-refractivity contribution in [2.75, 3.05) is 11.9 Å². The van der Waals surface area contributed by atoms with Gasteiger partial charge in [-0.15, -0.1) is 0 Å². The van der Waals surface area contributed by atoms with E-state index in [1.165, 1.54) is 0 Å². The van der Waals surface area contributed by atoms with E-state index in [1.54, 1.807) is 55.5 Å². The van der Waals surface area contributed by atoms with Crippen molar-refractivity contribution in [3.05, 3.63) is 59.7 Å². The van der Waals surface area contributed by atoms with Gasteiger partial charge < -0.3 is 14.8 Å². The van der Waals surface area contributed by atoms with Crippen LogP contribution in [0.15, 0.2) is 48.5 Å². The quantitative estimate of drug-likeness (QED) is 0.817. The Hall–Kier alpha value is -2.82. The van der Waals surface area contributed by atoms with E-state index in [0.717, 1.165) is 0 Å². The second kappa shape index (κ2) is 8.15. The van der Waals surface area contributed by atoms with Crippen LogP contribution in [0.2, 0.25) is 0 Å². The minimum atomic E-state index is -0.464. The molecule has 5 heteroatoms. The fourth-order valence-electron chi connectivity index (χ4n) is 2.13. The lowest BCUT2D eigenvalue weighted by atomic mass is 10.1. The molecule has 2 aromatic rings. The Morgan fingerprint density at radius 2 is 1.71 bits per heavy atom. The third kappa shape index (κ3) is 4.59. The molecule has 0 radical (unpaired) electrons. The topological polar surface area (TPSA) is 64.6 Å². The highest BCUT2D eigenvalue weighted by Gasteiger charge is 2.14. The number of amides is 1. The van der Waals surface area contributed by atoms with Gasteiger partial charge in [-0.1, -0.05) is 12.1 Å². The molecule has 0 spiro atoms. The summed E-state index contributed by atoms with van der Waals surface area (Å²) in [5, 5.41) is 2.75. The van der Waals surface area contributed by atoms with Crippen LogP contribution in [-0.4, -0.2) is 24.6 Å². The molecule has 0 aliphatic rings. The van der Waals surface area contributed by atoms with Crippen LogP contribution in [0.1, 0.15) is 41.5 Å². The van der Waals surface area contributed by atoms with Gasteiger partial charge >= 0.3 is 5.97 Å². The molecular weight excluding hydrogens is 306 g/mol. The highest BCUT2D eigenvalue weighted by molar-refractivity contribution is 6.08. The number of carbonyl (C=O) groups is 2. The minimum absolute atomic E-state index is 0.0705. The third-order valence-electron chi connectivity index (χ3n) is 3.16. The predicted molar refractivity (Wildman–Crippen MR) is 92.6 cm³/mol. The molecule has 0 saturated carbocycles. The van der Waals surface area contributed by atoms with Crippen molar-refractivity contribution in [2.45, 2.75) is 26.9 Å². The zero-order valence-electron chi connectivity index (χ0n) is 14.0. The Balaban J connectivity index is 2.14. The Labute approximate surface area is 141 Å². The highest BCUT2D eigenvalue weighted by Crippen LogP contribution is 2.19. The summed E-state index contributed by atoms with van der Waals surface area (Å²) >= 11 is 0. The van der Waals surface area contributed by atoms with Crippen LogP contribution in [-0.2, 0) is 4.74 Å². The van der Waals surface area contributed by atoms with Gasteiger partial charge in [-0.05, 0) is 57.2 Å². The van der Waals surface area contributed by atoms with E-state index in [1.807, 2.05) is 13.8 Å². The first-order chi connectivity index (χ1) is 11.5. The first-order valence-corrected chi connectivity index (χ1v) is 7.85. The molecule has 0 heterocycles. The van der Waals surface area contributed by atoms with Gasteiger partial charge in [0.2, 0.25) is 0 Å². The van der Waals surface area contributed by atoms with Crippen molar-refractivity contribution in [1.29, 1.82) is 0 Å². The van der Waals surface area contributed by atoms with E-state index in [2.05, 4.69) is 5.32 Å². The number of carbonyl (C=O) groups excluding carboxylic acids is 2. The number of benzene rings is 2. The van der Waals surface area contributed by atoms with Crippen LogP contribution in [0.25, 0.3) is 0 Å². The highest BCUT2D eigenvalue weighted by atomic mass is 16.5. The molecule has 2 aromatic carbocycles.